The summed E-state index contributed by atoms with van der Waals surface area (Å²) < 4.78 is 7.45. The number of ether oxygens (including phenoxy) is 1. The van der Waals surface area contributed by atoms with Crippen LogP contribution in [-0.2, 0) is 4.74 Å². The third-order valence-electron chi connectivity index (χ3n) is 3.33. The molecule has 1 aromatic heterocycles. The maximum atomic E-state index is 6.02. The average Bonchev–Trinajstić information content (AvgIpc) is 2.73. The fraction of sp³-hybridized carbons (Fsp3) is 0.692. The Morgan fingerprint density at radius 2 is 2.16 bits per heavy atom. The summed E-state index contributed by atoms with van der Waals surface area (Å²) in [7, 11) is 1.74. The lowest BCUT2D eigenvalue weighted by Crippen LogP contribution is -2.41. The molecule has 1 aromatic rings. The Bertz CT molecular complexity index is 367. The molecule has 1 rings (SSSR count). The molecule has 0 saturated carbocycles. The standard InChI is InChI=1S/C13H22Br2N2OS/c1-4-9(2)17(5-6-18-3)11(8-16)12-7-10(14)13(15)19-12/h7,9,11H,4-6,8,16H2,1-3H3. The molecule has 0 fully saturated rings. The Morgan fingerprint density at radius 1 is 1.47 bits per heavy atom. The second-order valence-electron chi connectivity index (χ2n) is 4.51. The van der Waals surface area contributed by atoms with E-state index in [0.717, 1.165) is 27.8 Å². The van der Waals surface area contributed by atoms with E-state index in [-0.39, 0.29) is 6.04 Å². The third kappa shape index (κ3) is 4.79. The van der Waals surface area contributed by atoms with Gasteiger partial charge >= 0.3 is 0 Å². The molecule has 2 unspecified atom stereocenters. The van der Waals surface area contributed by atoms with E-state index in [2.05, 4.69) is 56.7 Å². The van der Waals surface area contributed by atoms with Crippen LogP contribution in [0, 0.1) is 0 Å². The van der Waals surface area contributed by atoms with Gasteiger partial charge in [-0.05, 0) is 51.3 Å². The number of halogens is 2. The van der Waals surface area contributed by atoms with Crippen molar-refractivity contribution >= 4 is 43.2 Å². The predicted octanol–water partition coefficient (Wildman–Crippen LogP) is 4.02. The van der Waals surface area contributed by atoms with Crippen LogP contribution in [0.1, 0.15) is 31.2 Å². The molecule has 2 atom stereocenters. The number of methoxy groups -OCH3 is 1. The van der Waals surface area contributed by atoms with Gasteiger partial charge in [-0.15, -0.1) is 11.3 Å². The van der Waals surface area contributed by atoms with Gasteiger partial charge in [0.2, 0.25) is 0 Å². The summed E-state index contributed by atoms with van der Waals surface area (Å²) in [5, 5.41) is 0. The van der Waals surface area contributed by atoms with Crippen LogP contribution >= 0.6 is 43.2 Å². The van der Waals surface area contributed by atoms with Crippen molar-refractivity contribution in [2.75, 3.05) is 26.8 Å². The van der Waals surface area contributed by atoms with E-state index in [0.29, 0.717) is 12.6 Å². The topological polar surface area (TPSA) is 38.5 Å². The molecule has 0 amide bonds. The van der Waals surface area contributed by atoms with Crippen LogP contribution in [-0.4, -0.2) is 37.7 Å². The van der Waals surface area contributed by atoms with Crippen LogP contribution in [0.3, 0.4) is 0 Å². The second kappa shape index (κ2) is 8.74. The Balaban J connectivity index is 2.94. The molecule has 0 aromatic carbocycles. The van der Waals surface area contributed by atoms with Crippen molar-refractivity contribution in [1.82, 2.24) is 4.90 Å². The van der Waals surface area contributed by atoms with Gasteiger partial charge in [-0.25, -0.2) is 0 Å². The number of thiophene rings is 1. The van der Waals surface area contributed by atoms with Gasteiger partial charge in [0.15, 0.2) is 0 Å². The molecular formula is C13H22Br2N2OS. The zero-order chi connectivity index (χ0) is 14.4. The quantitative estimate of drug-likeness (QED) is 0.699. The molecule has 0 bridgehead atoms. The second-order valence-corrected chi connectivity index (χ2v) is 7.77. The van der Waals surface area contributed by atoms with Crippen molar-refractivity contribution in [1.29, 1.82) is 0 Å². The van der Waals surface area contributed by atoms with Crippen molar-refractivity contribution in [2.45, 2.75) is 32.4 Å². The van der Waals surface area contributed by atoms with E-state index >= 15 is 0 Å². The van der Waals surface area contributed by atoms with Gasteiger partial charge in [-0.1, -0.05) is 6.92 Å². The summed E-state index contributed by atoms with van der Waals surface area (Å²) in [6.07, 6.45) is 1.11. The largest absolute Gasteiger partial charge is 0.383 e. The van der Waals surface area contributed by atoms with Gasteiger partial charge in [0.05, 0.1) is 16.4 Å². The van der Waals surface area contributed by atoms with Crippen molar-refractivity contribution in [2.24, 2.45) is 5.73 Å². The summed E-state index contributed by atoms with van der Waals surface area (Å²) in [5.74, 6) is 0. The molecule has 0 aliphatic carbocycles. The van der Waals surface area contributed by atoms with Crippen molar-refractivity contribution < 1.29 is 4.74 Å². The molecule has 0 saturated heterocycles. The van der Waals surface area contributed by atoms with E-state index in [4.69, 9.17) is 10.5 Å². The first-order valence-corrected chi connectivity index (χ1v) is 8.84. The first-order valence-electron chi connectivity index (χ1n) is 6.44. The molecule has 0 aliphatic heterocycles. The molecule has 0 radical (unpaired) electrons. The molecule has 1 heterocycles. The SMILES string of the molecule is CCC(C)N(CCOC)C(CN)c1cc(Br)c(Br)s1. The highest BCUT2D eigenvalue weighted by molar-refractivity contribution is 9.13. The summed E-state index contributed by atoms with van der Waals surface area (Å²) in [4.78, 5) is 3.73. The Kier molecular flexibility index (Phi) is 8.10. The van der Waals surface area contributed by atoms with E-state index in [9.17, 15) is 0 Å². The monoisotopic (exact) mass is 412 g/mol. The van der Waals surface area contributed by atoms with Crippen LogP contribution in [0.4, 0.5) is 0 Å². The number of nitrogens with two attached hydrogens (primary N) is 1. The Labute approximate surface area is 136 Å². The van der Waals surface area contributed by atoms with Gasteiger partial charge in [-0.3, -0.25) is 4.90 Å². The zero-order valence-electron chi connectivity index (χ0n) is 11.7. The molecule has 110 valence electrons. The minimum Gasteiger partial charge on any atom is -0.383 e. The van der Waals surface area contributed by atoms with E-state index in [1.807, 2.05) is 0 Å². The van der Waals surface area contributed by atoms with Gasteiger partial charge in [0.25, 0.3) is 0 Å². The minimum atomic E-state index is 0.248. The lowest BCUT2D eigenvalue weighted by Gasteiger charge is -2.35. The summed E-state index contributed by atoms with van der Waals surface area (Å²) >= 11 is 8.85. The van der Waals surface area contributed by atoms with E-state index in [1.165, 1.54) is 4.88 Å². The van der Waals surface area contributed by atoms with Crippen molar-refractivity contribution in [3.63, 3.8) is 0 Å². The third-order valence-corrected chi connectivity index (χ3v) is 6.68. The van der Waals surface area contributed by atoms with Crippen LogP contribution in [0.5, 0.6) is 0 Å². The fourth-order valence-electron chi connectivity index (χ4n) is 2.06. The van der Waals surface area contributed by atoms with Crippen LogP contribution in [0.2, 0.25) is 0 Å². The van der Waals surface area contributed by atoms with Gasteiger partial charge < -0.3 is 10.5 Å². The highest BCUT2D eigenvalue weighted by Crippen LogP contribution is 2.37. The maximum absolute atomic E-state index is 6.02. The average molecular weight is 414 g/mol. The number of nitrogens with zero attached hydrogens (tertiary/aromatic N) is 1. The lowest BCUT2D eigenvalue weighted by molar-refractivity contribution is 0.0915. The van der Waals surface area contributed by atoms with Gasteiger partial charge in [0, 0.05) is 35.6 Å². The molecule has 0 spiro atoms. The highest BCUT2D eigenvalue weighted by Gasteiger charge is 2.25. The summed E-state index contributed by atoms with van der Waals surface area (Å²) in [6.45, 7) is 6.71. The van der Waals surface area contributed by atoms with Crippen LogP contribution in [0.25, 0.3) is 0 Å². The van der Waals surface area contributed by atoms with E-state index in [1.54, 1.807) is 18.4 Å². The highest BCUT2D eigenvalue weighted by atomic mass is 79.9. The first kappa shape index (κ1) is 17.6. The first-order chi connectivity index (χ1) is 9.04. The van der Waals surface area contributed by atoms with Crippen LogP contribution in [0.15, 0.2) is 14.3 Å². The summed E-state index contributed by atoms with van der Waals surface area (Å²) in [6, 6.07) is 2.90. The van der Waals surface area contributed by atoms with Gasteiger partial charge in [-0.2, -0.15) is 0 Å². The maximum Gasteiger partial charge on any atom is 0.0843 e. The van der Waals surface area contributed by atoms with Crippen molar-refractivity contribution in [3.05, 3.63) is 19.2 Å². The minimum absolute atomic E-state index is 0.248. The number of hydrogen-bond donors (Lipinski definition) is 1. The predicted molar refractivity (Wildman–Crippen MR) is 89.8 cm³/mol. The number of hydrogen-bond acceptors (Lipinski definition) is 4. The van der Waals surface area contributed by atoms with E-state index < -0.39 is 0 Å². The summed E-state index contributed by atoms with van der Waals surface area (Å²) in [5.41, 5.74) is 6.02. The molecule has 2 N–H and O–H groups in total. The Hall–Kier alpha value is 0.540. The molecule has 19 heavy (non-hydrogen) atoms. The van der Waals surface area contributed by atoms with Gasteiger partial charge in [0.1, 0.15) is 0 Å². The zero-order valence-corrected chi connectivity index (χ0v) is 15.6. The van der Waals surface area contributed by atoms with Crippen LogP contribution < -0.4 is 5.73 Å². The smallest absolute Gasteiger partial charge is 0.0843 e. The molecule has 6 heteroatoms. The fourth-order valence-corrected chi connectivity index (χ4v) is 4.28. The lowest BCUT2D eigenvalue weighted by atomic mass is 10.1. The van der Waals surface area contributed by atoms with Crippen molar-refractivity contribution in [3.8, 4) is 0 Å². The number of rotatable bonds is 8. The molecule has 0 aliphatic rings. The Morgan fingerprint density at radius 3 is 2.58 bits per heavy atom. The molecule has 3 nitrogen and oxygen atoms in total. The molecular weight excluding hydrogens is 392 g/mol. The normalized spacial score (nSPS) is 14.9.